The molecule has 0 radical (unpaired) electrons. The van der Waals surface area contributed by atoms with Crippen LogP contribution in [0, 0.1) is 6.92 Å². The minimum Gasteiger partial charge on any atom is -0.354 e. The highest BCUT2D eigenvalue weighted by molar-refractivity contribution is 9.10. The Bertz CT molecular complexity index is 565. The van der Waals surface area contributed by atoms with Crippen molar-refractivity contribution in [2.75, 3.05) is 7.05 Å². The number of aryl methyl sites for hydroxylation is 1. The van der Waals surface area contributed by atoms with Crippen LogP contribution in [0.2, 0.25) is 0 Å². The number of carbonyl (C=O) groups is 1. The Hall–Kier alpha value is -1.20. The monoisotopic (exact) mass is 310 g/mol. The van der Waals surface area contributed by atoms with E-state index in [0.717, 1.165) is 20.7 Å². The van der Waals surface area contributed by atoms with Gasteiger partial charge in [-0.25, -0.2) is 4.98 Å². The van der Waals surface area contributed by atoms with Gasteiger partial charge in [0.2, 0.25) is 0 Å². The van der Waals surface area contributed by atoms with Crippen LogP contribution in [0.3, 0.4) is 0 Å². The van der Waals surface area contributed by atoms with Crippen LogP contribution in [0.1, 0.15) is 15.4 Å². The highest BCUT2D eigenvalue weighted by Crippen LogP contribution is 2.29. The van der Waals surface area contributed by atoms with E-state index in [1.54, 1.807) is 7.05 Å². The second kappa shape index (κ2) is 4.98. The van der Waals surface area contributed by atoms with E-state index >= 15 is 0 Å². The number of hydrogen-bond donors (Lipinski definition) is 1. The van der Waals surface area contributed by atoms with Crippen molar-refractivity contribution in [3.63, 3.8) is 0 Å². The summed E-state index contributed by atoms with van der Waals surface area (Å²) in [5, 5.41) is 3.48. The lowest BCUT2D eigenvalue weighted by Crippen LogP contribution is -2.17. The van der Waals surface area contributed by atoms with Crippen molar-refractivity contribution in [2.24, 2.45) is 0 Å². The SMILES string of the molecule is CNC(=O)c1sc(-c2cccc(Br)c2)nc1C. The Kier molecular flexibility index (Phi) is 3.59. The number of aromatic nitrogens is 1. The molecule has 5 heteroatoms. The van der Waals surface area contributed by atoms with Gasteiger partial charge in [0.1, 0.15) is 9.88 Å². The van der Waals surface area contributed by atoms with Gasteiger partial charge < -0.3 is 5.32 Å². The van der Waals surface area contributed by atoms with Crippen LogP contribution >= 0.6 is 27.3 Å². The maximum absolute atomic E-state index is 11.6. The molecule has 1 N–H and O–H groups in total. The number of nitrogens with one attached hydrogen (secondary N) is 1. The van der Waals surface area contributed by atoms with Crippen molar-refractivity contribution in [1.29, 1.82) is 0 Å². The van der Waals surface area contributed by atoms with E-state index < -0.39 is 0 Å². The number of hydrogen-bond acceptors (Lipinski definition) is 3. The van der Waals surface area contributed by atoms with Crippen molar-refractivity contribution in [3.8, 4) is 10.6 Å². The zero-order valence-electron chi connectivity index (χ0n) is 9.45. The average Bonchev–Trinajstić information content (AvgIpc) is 2.70. The van der Waals surface area contributed by atoms with Crippen LogP contribution in [-0.4, -0.2) is 17.9 Å². The Morgan fingerprint density at radius 3 is 2.88 bits per heavy atom. The summed E-state index contributed by atoms with van der Waals surface area (Å²) in [5.41, 5.74) is 1.78. The smallest absolute Gasteiger partial charge is 0.263 e. The lowest BCUT2D eigenvalue weighted by Gasteiger charge is -1.96. The van der Waals surface area contributed by atoms with Gasteiger partial charge in [0.05, 0.1) is 5.69 Å². The molecule has 3 nitrogen and oxygen atoms in total. The first-order chi connectivity index (χ1) is 8.11. The van der Waals surface area contributed by atoms with Gasteiger partial charge in [0.15, 0.2) is 0 Å². The molecule has 17 heavy (non-hydrogen) atoms. The summed E-state index contributed by atoms with van der Waals surface area (Å²) in [7, 11) is 1.63. The molecule has 0 fully saturated rings. The quantitative estimate of drug-likeness (QED) is 0.925. The Balaban J connectivity index is 2.44. The number of thiazole rings is 1. The average molecular weight is 311 g/mol. The first-order valence-corrected chi connectivity index (χ1v) is 6.68. The number of carbonyl (C=O) groups excluding carboxylic acids is 1. The summed E-state index contributed by atoms with van der Waals surface area (Å²) in [5.74, 6) is -0.0822. The second-order valence-electron chi connectivity index (χ2n) is 3.52. The van der Waals surface area contributed by atoms with Gasteiger partial charge in [-0.1, -0.05) is 28.1 Å². The van der Waals surface area contributed by atoms with Gasteiger partial charge in [0, 0.05) is 17.1 Å². The molecule has 0 aliphatic rings. The third-order valence-electron chi connectivity index (χ3n) is 2.30. The van der Waals surface area contributed by atoms with E-state index in [1.807, 2.05) is 31.2 Å². The summed E-state index contributed by atoms with van der Waals surface area (Å²) in [6.07, 6.45) is 0. The van der Waals surface area contributed by atoms with E-state index in [0.29, 0.717) is 4.88 Å². The third-order valence-corrected chi connectivity index (χ3v) is 4.00. The molecule has 0 bridgehead atoms. The minimum absolute atomic E-state index is 0.0822. The first kappa shape index (κ1) is 12.3. The number of benzene rings is 1. The van der Waals surface area contributed by atoms with Crippen LogP contribution in [0.25, 0.3) is 10.6 Å². The molecule has 0 aliphatic carbocycles. The molecule has 1 heterocycles. The molecule has 2 aromatic rings. The van der Waals surface area contributed by atoms with Gasteiger partial charge in [-0.05, 0) is 19.1 Å². The van der Waals surface area contributed by atoms with Crippen molar-refractivity contribution < 1.29 is 4.79 Å². The van der Waals surface area contributed by atoms with Crippen LogP contribution < -0.4 is 5.32 Å². The zero-order valence-corrected chi connectivity index (χ0v) is 11.9. The number of rotatable bonds is 2. The van der Waals surface area contributed by atoms with Crippen LogP contribution in [0.15, 0.2) is 28.7 Å². The molecular weight excluding hydrogens is 300 g/mol. The molecule has 0 saturated carbocycles. The van der Waals surface area contributed by atoms with Gasteiger partial charge in [-0.15, -0.1) is 11.3 Å². The van der Waals surface area contributed by atoms with Crippen molar-refractivity contribution in [2.45, 2.75) is 6.92 Å². The fourth-order valence-corrected chi connectivity index (χ4v) is 2.87. The summed E-state index contributed by atoms with van der Waals surface area (Å²) in [6.45, 7) is 1.85. The van der Waals surface area contributed by atoms with E-state index in [4.69, 9.17) is 0 Å². The van der Waals surface area contributed by atoms with Gasteiger partial charge in [-0.3, -0.25) is 4.79 Å². The van der Waals surface area contributed by atoms with E-state index in [-0.39, 0.29) is 5.91 Å². The summed E-state index contributed by atoms with van der Waals surface area (Å²) in [6, 6.07) is 7.89. The molecule has 0 spiro atoms. The van der Waals surface area contributed by atoms with Crippen LogP contribution in [0.4, 0.5) is 0 Å². The Morgan fingerprint density at radius 2 is 2.24 bits per heavy atom. The molecule has 2 rings (SSSR count). The number of nitrogens with zero attached hydrogens (tertiary/aromatic N) is 1. The molecular formula is C12H11BrN2OS. The lowest BCUT2D eigenvalue weighted by atomic mass is 10.2. The molecule has 0 saturated heterocycles. The van der Waals surface area contributed by atoms with Crippen molar-refractivity contribution in [3.05, 3.63) is 39.3 Å². The minimum atomic E-state index is -0.0822. The Labute approximate surface area is 112 Å². The fraction of sp³-hybridized carbons (Fsp3) is 0.167. The molecule has 0 unspecified atom stereocenters. The third kappa shape index (κ3) is 2.56. The summed E-state index contributed by atoms with van der Waals surface area (Å²) in [4.78, 5) is 16.7. The number of halogens is 1. The molecule has 0 aliphatic heterocycles. The fourth-order valence-electron chi connectivity index (χ4n) is 1.47. The molecule has 1 amide bonds. The zero-order chi connectivity index (χ0) is 12.4. The number of amides is 1. The molecule has 0 atom stereocenters. The predicted molar refractivity (Wildman–Crippen MR) is 73.4 cm³/mol. The van der Waals surface area contributed by atoms with Crippen molar-refractivity contribution in [1.82, 2.24) is 10.3 Å². The first-order valence-electron chi connectivity index (χ1n) is 5.07. The van der Waals surface area contributed by atoms with Crippen molar-refractivity contribution >= 4 is 33.2 Å². The molecule has 1 aromatic carbocycles. The van der Waals surface area contributed by atoms with Crippen LogP contribution in [0.5, 0.6) is 0 Å². The largest absolute Gasteiger partial charge is 0.354 e. The van der Waals surface area contributed by atoms with E-state index in [2.05, 4.69) is 26.2 Å². The lowest BCUT2D eigenvalue weighted by molar-refractivity contribution is 0.0966. The van der Waals surface area contributed by atoms with Crippen LogP contribution in [-0.2, 0) is 0 Å². The maximum atomic E-state index is 11.6. The summed E-state index contributed by atoms with van der Waals surface area (Å²) < 4.78 is 1.00. The predicted octanol–water partition coefficient (Wildman–Crippen LogP) is 3.24. The van der Waals surface area contributed by atoms with Gasteiger partial charge >= 0.3 is 0 Å². The molecule has 1 aromatic heterocycles. The maximum Gasteiger partial charge on any atom is 0.263 e. The topological polar surface area (TPSA) is 42.0 Å². The normalized spacial score (nSPS) is 10.3. The standard InChI is InChI=1S/C12H11BrN2OS/c1-7-10(11(16)14-2)17-12(15-7)8-4-3-5-9(13)6-8/h3-6H,1-2H3,(H,14,16). The summed E-state index contributed by atoms with van der Waals surface area (Å²) >= 11 is 4.83. The van der Waals surface area contributed by atoms with E-state index in [1.165, 1.54) is 11.3 Å². The second-order valence-corrected chi connectivity index (χ2v) is 5.44. The highest BCUT2D eigenvalue weighted by Gasteiger charge is 2.14. The van der Waals surface area contributed by atoms with Gasteiger partial charge in [-0.2, -0.15) is 0 Å². The Morgan fingerprint density at radius 1 is 1.47 bits per heavy atom. The van der Waals surface area contributed by atoms with E-state index in [9.17, 15) is 4.79 Å². The van der Waals surface area contributed by atoms with Gasteiger partial charge in [0.25, 0.3) is 5.91 Å². The molecule has 88 valence electrons. The highest BCUT2D eigenvalue weighted by atomic mass is 79.9.